The maximum atomic E-state index is 13.8. The van der Waals surface area contributed by atoms with E-state index in [9.17, 15) is 4.39 Å². The van der Waals surface area contributed by atoms with Crippen LogP contribution in [0.15, 0.2) is 18.2 Å². The lowest BCUT2D eigenvalue weighted by atomic mass is 9.84. The fourth-order valence-electron chi connectivity index (χ4n) is 2.89. The van der Waals surface area contributed by atoms with Gasteiger partial charge in [-0.3, -0.25) is 0 Å². The molecule has 1 aromatic rings. The maximum absolute atomic E-state index is 13.8. The van der Waals surface area contributed by atoms with E-state index in [1.165, 1.54) is 38.2 Å². The summed E-state index contributed by atoms with van der Waals surface area (Å²) in [6.45, 7) is 2.16. The maximum Gasteiger partial charge on any atom is 0.135 e. The van der Waals surface area contributed by atoms with Gasteiger partial charge in [0.25, 0.3) is 0 Å². The van der Waals surface area contributed by atoms with Crippen molar-refractivity contribution in [3.63, 3.8) is 0 Å². The predicted molar refractivity (Wildman–Crippen MR) is 81.9 cm³/mol. The first-order chi connectivity index (χ1) is 9.09. The number of thiocarbonyl (C=S) groups is 1. The SMILES string of the molecule is CC(Nc1cccc(F)c1C(N)=S)C1CCCCC1. The molecule has 0 heterocycles. The average Bonchev–Trinajstić information content (AvgIpc) is 2.39. The van der Waals surface area contributed by atoms with E-state index in [2.05, 4.69) is 12.2 Å². The molecule has 1 saturated carbocycles. The van der Waals surface area contributed by atoms with Gasteiger partial charge in [0.05, 0.1) is 5.56 Å². The second-order valence-corrected chi connectivity index (χ2v) is 5.80. The van der Waals surface area contributed by atoms with Gasteiger partial charge in [-0.05, 0) is 37.8 Å². The summed E-state index contributed by atoms with van der Waals surface area (Å²) in [7, 11) is 0. The molecule has 0 amide bonds. The van der Waals surface area contributed by atoms with Crippen LogP contribution in [0.2, 0.25) is 0 Å². The summed E-state index contributed by atoms with van der Waals surface area (Å²) in [5.41, 5.74) is 6.67. The number of nitrogens with one attached hydrogen (secondary N) is 1. The number of rotatable bonds is 4. The van der Waals surface area contributed by atoms with Crippen LogP contribution < -0.4 is 11.1 Å². The second-order valence-electron chi connectivity index (χ2n) is 5.36. The highest BCUT2D eigenvalue weighted by Gasteiger charge is 2.21. The van der Waals surface area contributed by atoms with Crippen molar-refractivity contribution >= 4 is 22.9 Å². The largest absolute Gasteiger partial charge is 0.389 e. The molecule has 1 aromatic carbocycles. The Hall–Kier alpha value is -1.16. The molecule has 4 heteroatoms. The Labute approximate surface area is 119 Å². The minimum absolute atomic E-state index is 0.108. The van der Waals surface area contributed by atoms with E-state index < -0.39 is 0 Å². The van der Waals surface area contributed by atoms with Crippen LogP contribution in [-0.4, -0.2) is 11.0 Å². The molecule has 0 aromatic heterocycles. The zero-order valence-electron chi connectivity index (χ0n) is 11.3. The summed E-state index contributed by atoms with van der Waals surface area (Å²) in [5, 5.41) is 3.39. The smallest absolute Gasteiger partial charge is 0.135 e. The molecule has 2 rings (SSSR count). The Morgan fingerprint density at radius 2 is 2.05 bits per heavy atom. The molecule has 1 atom stereocenters. The molecule has 2 nitrogen and oxygen atoms in total. The first-order valence-corrected chi connectivity index (χ1v) is 7.35. The normalized spacial score (nSPS) is 18.0. The van der Waals surface area contributed by atoms with Crippen molar-refractivity contribution in [1.29, 1.82) is 0 Å². The van der Waals surface area contributed by atoms with E-state index in [1.54, 1.807) is 6.07 Å². The van der Waals surface area contributed by atoms with Gasteiger partial charge in [-0.2, -0.15) is 0 Å². The summed E-state index contributed by atoms with van der Waals surface area (Å²) in [6, 6.07) is 5.24. The molecule has 1 fully saturated rings. The first-order valence-electron chi connectivity index (χ1n) is 6.94. The Morgan fingerprint density at radius 3 is 2.68 bits per heavy atom. The molecule has 1 aliphatic carbocycles. The lowest BCUT2D eigenvalue weighted by molar-refractivity contribution is 0.328. The van der Waals surface area contributed by atoms with E-state index in [0.717, 1.165) is 0 Å². The Balaban J connectivity index is 2.14. The third-order valence-corrected chi connectivity index (χ3v) is 4.20. The third-order valence-electron chi connectivity index (χ3n) is 4.00. The Bertz CT molecular complexity index is 455. The molecule has 3 N–H and O–H groups in total. The van der Waals surface area contributed by atoms with Gasteiger partial charge < -0.3 is 11.1 Å². The van der Waals surface area contributed by atoms with Gasteiger partial charge in [0.2, 0.25) is 0 Å². The van der Waals surface area contributed by atoms with Crippen LogP contribution in [-0.2, 0) is 0 Å². The zero-order chi connectivity index (χ0) is 13.8. The van der Waals surface area contributed by atoms with Crippen LogP contribution in [0.4, 0.5) is 10.1 Å². The van der Waals surface area contributed by atoms with E-state index in [1.807, 2.05) is 6.07 Å². The van der Waals surface area contributed by atoms with Crippen LogP contribution in [0.3, 0.4) is 0 Å². The molecule has 0 bridgehead atoms. The van der Waals surface area contributed by atoms with Gasteiger partial charge in [-0.15, -0.1) is 0 Å². The highest BCUT2D eigenvalue weighted by molar-refractivity contribution is 7.80. The van der Waals surface area contributed by atoms with Crippen LogP contribution in [0.25, 0.3) is 0 Å². The van der Waals surface area contributed by atoms with Crippen molar-refractivity contribution in [3.05, 3.63) is 29.6 Å². The highest BCUT2D eigenvalue weighted by Crippen LogP contribution is 2.29. The van der Waals surface area contributed by atoms with Crippen molar-refractivity contribution in [2.45, 2.75) is 45.1 Å². The topological polar surface area (TPSA) is 38.0 Å². The lowest BCUT2D eigenvalue weighted by Gasteiger charge is -2.29. The number of hydrogen-bond donors (Lipinski definition) is 2. The molecule has 0 radical (unpaired) electrons. The van der Waals surface area contributed by atoms with E-state index >= 15 is 0 Å². The van der Waals surface area contributed by atoms with Gasteiger partial charge >= 0.3 is 0 Å². The van der Waals surface area contributed by atoms with E-state index in [-0.39, 0.29) is 10.8 Å². The lowest BCUT2D eigenvalue weighted by Crippen LogP contribution is -2.29. The molecular weight excluding hydrogens is 259 g/mol. The summed E-state index contributed by atoms with van der Waals surface area (Å²) in [4.78, 5) is 0.108. The van der Waals surface area contributed by atoms with Gasteiger partial charge in [0.15, 0.2) is 0 Å². The molecule has 1 aliphatic rings. The molecule has 104 valence electrons. The first kappa shape index (κ1) is 14.3. The van der Waals surface area contributed by atoms with Crippen LogP contribution in [0.5, 0.6) is 0 Å². The van der Waals surface area contributed by atoms with E-state index in [4.69, 9.17) is 18.0 Å². The minimum atomic E-state index is -0.353. The van der Waals surface area contributed by atoms with Crippen LogP contribution in [0, 0.1) is 11.7 Å². The molecule has 0 spiro atoms. The minimum Gasteiger partial charge on any atom is -0.389 e. The molecule has 0 aliphatic heterocycles. The fourth-order valence-corrected chi connectivity index (χ4v) is 3.10. The van der Waals surface area contributed by atoms with Crippen molar-refractivity contribution < 1.29 is 4.39 Å². The number of halogens is 1. The van der Waals surface area contributed by atoms with Crippen molar-refractivity contribution in [3.8, 4) is 0 Å². The van der Waals surface area contributed by atoms with Crippen molar-refractivity contribution in [2.24, 2.45) is 11.7 Å². The van der Waals surface area contributed by atoms with Gasteiger partial charge in [0.1, 0.15) is 10.8 Å². The van der Waals surface area contributed by atoms with Crippen molar-refractivity contribution in [1.82, 2.24) is 0 Å². The molecule has 19 heavy (non-hydrogen) atoms. The van der Waals surface area contributed by atoms with Gasteiger partial charge in [0, 0.05) is 11.7 Å². The fraction of sp³-hybridized carbons (Fsp3) is 0.533. The number of benzene rings is 1. The molecular formula is C15H21FN2S. The summed E-state index contributed by atoms with van der Waals surface area (Å²) in [5.74, 6) is 0.296. The van der Waals surface area contributed by atoms with Gasteiger partial charge in [-0.1, -0.05) is 37.5 Å². The molecule has 1 unspecified atom stereocenters. The summed E-state index contributed by atoms with van der Waals surface area (Å²) < 4.78 is 13.8. The van der Waals surface area contributed by atoms with Crippen LogP contribution in [0.1, 0.15) is 44.6 Å². The standard InChI is InChI=1S/C15H21FN2S/c1-10(11-6-3-2-4-7-11)18-13-9-5-8-12(16)14(13)15(17)19/h5,8-11,18H,2-4,6-7H2,1H3,(H2,17,19). The Morgan fingerprint density at radius 1 is 1.37 bits per heavy atom. The third kappa shape index (κ3) is 3.44. The van der Waals surface area contributed by atoms with Crippen molar-refractivity contribution in [2.75, 3.05) is 5.32 Å². The zero-order valence-corrected chi connectivity index (χ0v) is 12.1. The van der Waals surface area contributed by atoms with Crippen LogP contribution >= 0.6 is 12.2 Å². The number of hydrogen-bond acceptors (Lipinski definition) is 2. The second kappa shape index (κ2) is 6.33. The number of nitrogens with two attached hydrogens (primary N) is 1. The van der Waals surface area contributed by atoms with E-state index in [0.29, 0.717) is 23.2 Å². The summed E-state index contributed by atoms with van der Waals surface area (Å²) in [6.07, 6.45) is 6.41. The number of anilines is 1. The average molecular weight is 280 g/mol. The Kier molecular flexibility index (Phi) is 4.75. The predicted octanol–water partition coefficient (Wildman–Crippen LogP) is 3.84. The summed E-state index contributed by atoms with van der Waals surface area (Å²) >= 11 is 4.94. The van der Waals surface area contributed by atoms with Gasteiger partial charge in [-0.25, -0.2) is 4.39 Å². The highest BCUT2D eigenvalue weighted by atomic mass is 32.1. The monoisotopic (exact) mass is 280 g/mol. The molecule has 0 saturated heterocycles. The quantitative estimate of drug-likeness (QED) is 0.823.